The molecule has 0 bridgehead atoms. The van der Waals surface area contributed by atoms with Crippen LogP contribution >= 0.6 is 0 Å². The van der Waals surface area contributed by atoms with Gasteiger partial charge < -0.3 is 19.7 Å². The summed E-state index contributed by atoms with van der Waals surface area (Å²) in [7, 11) is 0. The number of hydrogen-bond donors (Lipinski definition) is 1. The van der Waals surface area contributed by atoms with Crippen molar-refractivity contribution in [3.8, 4) is 11.5 Å². The minimum atomic E-state index is 0.0708. The van der Waals surface area contributed by atoms with Crippen LogP contribution in [0, 0.1) is 0 Å². The zero-order valence-corrected chi connectivity index (χ0v) is 13.1. The van der Waals surface area contributed by atoms with E-state index in [1.807, 2.05) is 36.1 Å². The Morgan fingerprint density at radius 3 is 3.14 bits per heavy atom. The predicted octanol–water partition coefficient (Wildman–Crippen LogP) is 1.68. The van der Waals surface area contributed by atoms with E-state index in [1.165, 1.54) is 0 Å². The number of ether oxygens (including phenoxy) is 2. The SMILES string of the molecule is CCOc1cccc2c1OCC(C(=O)N1CCNC[C@@H]1C)=C2. The molecule has 2 aliphatic rings. The lowest BCUT2D eigenvalue weighted by molar-refractivity contribution is -0.130. The lowest BCUT2D eigenvalue weighted by Gasteiger charge is -2.35. The molecule has 1 aromatic rings. The zero-order chi connectivity index (χ0) is 15.5. The fourth-order valence-corrected chi connectivity index (χ4v) is 2.90. The lowest BCUT2D eigenvalue weighted by Crippen LogP contribution is -2.53. The molecule has 1 aromatic carbocycles. The van der Waals surface area contributed by atoms with E-state index in [1.54, 1.807) is 0 Å². The maximum absolute atomic E-state index is 12.7. The first-order chi connectivity index (χ1) is 10.7. The molecule has 0 spiro atoms. The first-order valence-electron chi connectivity index (χ1n) is 7.81. The Kier molecular flexibility index (Phi) is 4.34. The molecule has 5 nitrogen and oxygen atoms in total. The van der Waals surface area contributed by atoms with E-state index in [9.17, 15) is 4.79 Å². The van der Waals surface area contributed by atoms with Crippen LogP contribution in [0.4, 0.5) is 0 Å². The molecule has 0 unspecified atom stereocenters. The van der Waals surface area contributed by atoms with Crippen molar-refractivity contribution in [2.45, 2.75) is 19.9 Å². The molecule has 2 aliphatic heterocycles. The van der Waals surface area contributed by atoms with Crippen LogP contribution in [0.25, 0.3) is 6.08 Å². The van der Waals surface area contributed by atoms with Crippen LogP contribution in [0.1, 0.15) is 19.4 Å². The molecule has 1 amide bonds. The molecule has 22 heavy (non-hydrogen) atoms. The largest absolute Gasteiger partial charge is 0.490 e. The highest BCUT2D eigenvalue weighted by Gasteiger charge is 2.28. The first kappa shape index (κ1) is 14.9. The quantitative estimate of drug-likeness (QED) is 0.923. The van der Waals surface area contributed by atoms with E-state index < -0.39 is 0 Å². The van der Waals surface area contributed by atoms with Gasteiger partial charge in [0.25, 0.3) is 5.91 Å². The van der Waals surface area contributed by atoms with Crippen molar-refractivity contribution in [1.29, 1.82) is 0 Å². The van der Waals surface area contributed by atoms with Gasteiger partial charge in [0, 0.05) is 31.2 Å². The minimum Gasteiger partial charge on any atom is -0.490 e. The average molecular weight is 302 g/mol. The Bertz CT molecular complexity index is 598. The minimum absolute atomic E-state index is 0.0708. The van der Waals surface area contributed by atoms with E-state index >= 15 is 0 Å². The van der Waals surface area contributed by atoms with Crippen LogP contribution in [0.2, 0.25) is 0 Å². The smallest absolute Gasteiger partial charge is 0.253 e. The summed E-state index contributed by atoms with van der Waals surface area (Å²) in [5, 5.41) is 3.30. The van der Waals surface area contributed by atoms with Gasteiger partial charge in [-0.1, -0.05) is 12.1 Å². The van der Waals surface area contributed by atoms with Crippen LogP contribution in [-0.4, -0.2) is 49.7 Å². The fourth-order valence-electron chi connectivity index (χ4n) is 2.90. The average Bonchev–Trinajstić information content (AvgIpc) is 2.55. The molecule has 1 fully saturated rings. The molecule has 0 saturated carbocycles. The number of carbonyl (C=O) groups excluding carboxylic acids is 1. The number of rotatable bonds is 3. The van der Waals surface area contributed by atoms with Gasteiger partial charge in [-0.15, -0.1) is 0 Å². The Balaban J connectivity index is 1.84. The summed E-state index contributed by atoms with van der Waals surface area (Å²) in [4.78, 5) is 14.6. The summed E-state index contributed by atoms with van der Waals surface area (Å²) >= 11 is 0. The van der Waals surface area contributed by atoms with Gasteiger partial charge in [0.15, 0.2) is 11.5 Å². The summed E-state index contributed by atoms with van der Waals surface area (Å²) in [5.41, 5.74) is 1.61. The van der Waals surface area contributed by atoms with Gasteiger partial charge in [0.2, 0.25) is 0 Å². The third-order valence-electron chi connectivity index (χ3n) is 4.05. The van der Waals surface area contributed by atoms with Crippen molar-refractivity contribution in [3.05, 3.63) is 29.3 Å². The van der Waals surface area contributed by atoms with Crippen LogP contribution in [0.15, 0.2) is 23.8 Å². The van der Waals surface area contributed by atoms with Crippen molar-refractivity contribution in [2.24, 2.45) is 0 Å². The van der Waals surface area contributed by atoms with Gasteiger partial charge in [-0.25, -0.2) is 0 Å². The molecule has 2 heterocycles. The van der Waals surface area contributed by atoms with Gasteiger partial charge in [-0.3, -0.25) is 4.79 Å². The van der Waals surface area contributed by atoms with Gasteiger partial charge in [-0.2, -0.15) is 0 Å². The molecule has 1 saturated heterocycles. The molecule has 3 rings (SSSR count). The maximum atomic E-state index is 12.7. The summed E-state index contributed by atoms with van der Waals surface area (Å²) in [6.07, 6.45) is 1.93. The van der Waals surface area contributed by atoms with Crippen LogP contribution in [0.3, 0.4) is 0 Å². The van der Waals surface area contributed by atoms with Crippen molar-refractivity contribution in [1.82, 2.24) is 10.2 Å². The number of fused-ring (bicyclic) bond motifs is 1. The Morgan fingerprint density at radius 1 is 1.50 bits per heavy atom. The highest BCUT2D eigenvalue weighted by atomic mass is 16.5. The van der Waals surface area contributed by atoms with Crippen molar-refractivity contribution >= 4 is 12.0 Å². The number of amides is 1. The number of nitrogens with zero attached hydrogens (tertiary/aromatic N) is 1. The molecular formula is C17H22N2O3. The van der Waals surface area contributed by atoms with Gasteiger partial charge in [-0.05, 0) is 26.0 Å². The topological polar surface area (TPSA) is 50.8 Å². The predicted molar refractivity (Wildman–Crippen MR) is 85.1 cm³/mol. The number of para-hydroxylation sites is 1. The molecule has 1 atom stereocenters. The van der Waals surface area contributed by atoms with Crippen molar-refractivity contribution in [3.63, 3.8) is 0 Å². The molecule has 5 heteroatoms. The van der Waals surface area contributed by atoms with E-state index in [4.69, 9.17) is 9.47 Å². The van der Waals surface area contributed by atoms with E-state index in [0.717, 1.165) is 36.7 Å². The van der Waals surface area contributed by atoms with Crippen LogP contribution in [-0.2, 0) is 4.79 Å². The highest BCUT2D eigenvalue weighted by molar-refractivity contribution is 5.99. The number of piperazine rings is 1. The summed E-state index contributed by atoms with van der Waals surface area (Å²) in [5.74, 6) is 1.54. The second-order valence-corrected chi connectivity index (χ2v) is 5.62. The van der Waals surface area contributed by atoms with Crippen molar-refractivity contribution < 1.29 is 14.3 Å². The second kappa shape index (κ2) is 6.40. The summed E-state index contributed by atoms with van der Waals surface area (Å²) < 4.78 is 11.4. The third-order valence-corrected chi connectivity index (χ3v) is 4.05. The standard InChI is InChI=1S/C17H22N2O3/c1-3-21-15-6-4-5-13-9-14(11-22-16(13)15)17(20)19-8-7-18-10-12(19)2/h4-6,9,12,18H,3,7-8,10-11H2,1-2H3/t12-/m0/s1. The molecule has 118 valence electrons. The fraction of sp³-hybridized carbons (Fsp3) is 0.471. The number of benzene rings is 1. The van der Waals surface area contributed by atoms with Crippen LogP contribution in [0.5, 0.6) is 11.5 Å². The highest BCUT2D eigenvalue weighted by Crippen LogP contribution is 2.36. The van der Waals surface area contributed by atoms with E-state index in [0.29, 0.717) is 18.8 Å². The maximum Gasteiger partial charge on any atom is 0.253 e. The summed E-state index contributed by atoms with van der Waals surface area (Å²) in [6.45, 7) is 7.32. The van der Waals surface area contributed by atoms with Crippen molar-refractivity contribution in [2.75, 3.05) is 32.8 Å². The second-order valence-electron chi connectivity index (χ2n) is 5.62. The number of carbonyl (C=O) groups is 1. The zero-order valence-electron chi connectivity index (χ0n) is 13.1. The molecular weight excluding hydrogens is 280 g/mol. The third kappa shape index (κ3) is 2.81. The van der Waals surface area contributed by atoms with E-state index in [-0.39, 0.29) is 11.9 Å². The molecule has 1 N–H and O–H groups in total. The Hall–Kier alpha value is -2.01. The van der Waals surface area contributed by atoms with Crippen LogP contribution < -0.4 is 14.8 Å². The van der Waals surface area contributed by atoms with E-state index in [2.05, 4.69) is 12.2 Å². The Labute approximate surface area is 130 Å². The van der Waals surface area contributed by atoms with Gasteiger partial charge in [0.05, 0.1) is 12.2 Å². The van der Waals surface area contributed by atoms with Gasteiger partial charge >= 0.3 is 0 Å². The number of nitrogens with one attached hydrogen (secondary N) is 1. The molecule has 0 aromatic heterocycles. The van der Waals surface area contributed by atoms with Gasteiger partial charge in [0.1, 0.15) is 6.61 Å². The monoisotopic (exact) mass is 302 g/mol. The lowest BCUT2D eigenvalue weighted by atomic mass is 10.0. The number of hydrogen-bond acceptors (Lipinski definition) is 4. The molecule has 0 aliphatic carbocycles. The first-order valence-corrected chi connectivity index (χ1v) is 7.81. The normalized spacial score (nSPS) is 20.7. The Morgan fingerprint density at radius 2 is 2.36 bits per heavy atom. The molecule has 0 radical (unpaired) electrons. The summed E-state index contributed by atoms with van der Waals surface area (Å²) in [6, 6.07) is 5.97.